The Balaban J connectivity index is 1.61. The zero-order valence-corrected chi connectivity index (χ0v) is 13.9. The molecule has 5 heteroatoms. The van der Waals surface area contributed by atoms with E-state index < -0.39 is 11.7 Å². The summed E-state index contributed by atoms with van der Waals surface area (Å²) in [6.45, 7) is 0. The Morgan fingerprint density at radius 3 is 2.24 bits per heavy atom. The second-order valence-electron chi connectivity index (χ2n) is 6.32. The summed E-state index contributed by atoms with van der Waals surface area (Å²) >= 11 is 0. The van der Waals surface area contributed by atoms with Gasteiger partial charge >= 0.3 is 0 Å². The van der Waals surface area contributed by atoms with Gasteiger partial charge in [0.15, 0.2) is 0 Å². The lowest BCUT2D eigenvalue weighted by molar-refractivity contribution is 0.0927. The Hall–Kier alpha value is -2.69. The van der Waals surface area contributed by atoms with Gasteiger partial charge in [0.1, 0.15) is 5.82 Å². The van der Waals surface area contributed by atoms with E-state index in [0.717, 1.165) is 25.7 Å². The van der Waals surface area contributed by atoms with Crippen LogP contribution < -0.4 is 10.6 Å². The molecule has 1 aliphatic carbocycles. The minimum atomic E-state index is -0.566. The Morgan fingerprint density at radius 1 is 0.880 bits per heavy atom. The lowest BCUT2D eigenvalue weighted by Crippen LogP contribution is -2.36. The minimum absolute atomic E-state index is 0.0124. The summed E-state index contributed by atoms with van der Waals surface area (Å²) in [6.07, 6.45) is 5.62. The fraction of sp³-hybridized carbons (Fsp3) is 0.300. The average Bonchev–Trinajstić information content (AvgIpc) is 2.63. The van der Waals surface area contributed by atoms with Crippen LogP contribution in [0.2, 0.25) is 0 Å². The highest BCUT2D eigenvalue weighted by Crippen LogP contribution is 2.18. The van der Waals surface area contributed by atoms with Crippen LogP contribution in [0.25, 0.3) is 0 Å². The molecule has 4 nitrogen and oxygen atoms in total. The van der Waals surface area contributed by atoms with Crippen LogP contribution in [0.3, 0.4) is 0 Å². The number of carbonyl (C=O) groups is 2. The third-order valence-corrected chi connectivity index (χ3v) is 4.46. The summed E-state index contributed by atoms with van der Waals surface area (Å²) in [4.78, 5) is 24.4. The first-order valence-electron chi connectivity index (χ1n) is 8.60. The number of hydrogen-bond acceptors (Lipinski definition) is 2. The van der Waals surface area contributed by atoms with Crippen molar-refractivity contribution < 1.29 is 14.0 Å². The van der Waals surface area contributed by atoms with E-state index >= 15 is 0 Å². The van der Waals surface area contributed by atoms with Crippen molar-refractivity contribution in [2.45, 2.75) is 38.1 Å². The van der Waals surface area contributed by atoms with Crippen molar-refractivity contribution in [2.75, 3.05) is 5.32 Å². The predicted octanol–water partition coefficient (Wildman–Crippen LogP) is 4.14. The quantitative estimate of drug-likeness (QED) is 0.879. The van der Waals surface area contributed by atoms with Gasteiger partial charge in [-0.15, -0.1) is 0 Å². The first-order valence-corrected chi connectivity index (χ1v) is 8.60. The molecule has 0 unspecified atom stereocenters. The molecule has 0 spiro atoms. The maximum absolute atomic E-state index is 13.6. The smallest absolute Gasteiger partial charge is 0.258 e. The van der Waals surface area contributed by atoms with Crippen molar-refractivity contribution in [3.05, 3.63) is 65.5 Å². The summed E-state index contributed by atoms with van der Waals surface area (Å²) in [5.74, 6) is -1.18. The zero-order valence-electron chi connectivity index (χ0n) is 13.9. The SMILES string of the molecule is O=C(NC1CCCCC1)c1ccc(NC(=O)c2ccccc2F)cc1. The van der Waals surface area contributed by atoms with Crippen molar-refractivity contribution >= 4 is 17.5 Å². The zero-order chi connectivity index (χ0) is 17.6. The number of amides is 2. The molecular weight excluding hydrogens is 319 g/mol. The molecule has 2 N–H and O–H groups in total. The molecule has 0 saturated heterocycles. The van der Waals surface area contributed by atoms with Gasteiger partial charge in [-0.25, -0.2) is 4.39 Å². The van der Waals surface area contributed by atoms with E-state index in [1.54, 1.807) is 30.3 Å². The molecule has 25 heavy (non-hydrogen) atoms. The summed E-state index contributed by atoms with van der Waals surface area (Å²) in [5.41, 5.74) is 1.05. The van der Waals surface area contributed by atoms with Crippen molar-refractivity contribution in [3.63, 3.8) is 0 Å². The first-order chi connectivity index (χ1) is 12.1. The van der Waals surface area contributed by atoms with E-state index in [4.69, 9.17) is 0 Å². The van der Waals surface area contributed by atoms with Crippen LogP contribution >= 0.6 is 0 Å². The van der Waals surface area contributed by atoms with Crippen LogP contribution in [-0.4, -0.2) is 17.9 Å². The van der Waals surface area contributed by atoms with E-state index in [1.807, 2.05) is 0 Å². The van der Waals surface area contributed by atoms with Crippen LogP contribution in [0.5, 0.6) is 0 Å². The molecule has 1 aliphatic rings. The molecule has 0 aliphatic heterocycles. The van der Waals surface area contributed by atoms with Gasteiger partial charge in [-0.05, 0) is 49.2 Å². The van der Waals surface area contributed by atoms with Gasteiger partial charge in [0.05, 0.1) is 5.56 Å². The lowest BCUT2D eigenvalue weighted by atomic mass is 9.95. The normalized spacial score (nSPS) is 14.8. The summed E-state index contributed by atoms with van der Waals surface area (Å²) in [6, 6.07) is 12.7. The van der Waals surface area contributed by atoms with Crippen LogP contribution in [0.4, 0.5) is 10.1 Å². The molecule has 2 aromatic rings. The van der Waals surface area contributed by atoms with E-state index in [1.165, 1.54) is 24.6 Å². The Bertz CT molecular complexity index is 753. The molecule has 0 aromatic heterocycles. The van der Waals surface area contributed by atoms with Crippen LogP contribution in [0.15, 0.2) is 48.5 Å². The summed E-state index contributed by atoms with van der Waals surface area (Å²) < 4.78 is 13.6. The van der Waals surface area contributed by atoms with Crippen molar-refractivity contribution in [1.29, 1.82) is 0 Å². The molecule has 0 radical (unpaired) electrons. The number of hydrogen-bond donors (Lipinski definition) is 2. The topological polar surface area (TPSA) is 58.2 Å². The Labute approximate surface area is 146 Å². The fourth-order valence-corrected chi connectivity index (χ4v) is 3.06. The van der Waals surface area contributed by atoms with E-state index in [9.17, 15) is 14.0 Å². The molecule has 1 saturated carbocycles. The summed E-state index contributed by atoms with van der Waals surface area (Å²) in [5, 5.41) is 5.69. The van der Waals surface area contributed by atoms with Gasteiger partial charge in [0, 0.05) is 17.3 Å². The van der Waals surface area contributed by atoms with Crippen LogP contribution in [-0.2, 0) is 0 Å². The molecule has 0 atom stereocenters. The van der Waals surface area contributed by atoms with Gasteiger partial charge in [-0.3, -0.25) is 9.59 Å². The first kappa shape index (κ1) is 17.1. The number of benzene rings is 2. The fourth-order valence-electron chi connectivity index (χ4n) is 3.06. The molecular formula is C20H21FN2O2. The van der Waals surface area contributed by atoms with Crippen LogP contribution in [0.1, 0.15) is 52.8 Å². The molecule has 3 rings (SSSR count). The third kappa shape index (κ3) is 4.44. The van der Waals surface area contributed by atoms with E-state index in [0.29, 0.717) is 11.3 Å². The highest BCUT2D eigenvalue weighted by molar-refractivity contribution is 6.04. The van der Waals surface area contributed by atoms with Crippen molar-refractivity contribution in [3.8, 4) is 0 Å². The molecule has 2 amide bonds. The average molecular weight is 340 g/mol. The molecule has 1 fully saturated rings. The molecule has 0 bridgehead atoms. The second-order valence-corrected chi connectivity index (χ2v) is 6.32. The number of nitrogens with one attached hydrogen (secondary N) is 2. The van der Waals surface area contributed by atoms with Gasteiger partial charge in [0.2, 0.25) is 0 Å². The summed E-state index contributed by atoms with van der Waals surface area (Å²) in [7, 11) is 0. The maximum atomic E-state index is 13.6. The highest BCUT2D eigenvalue weighted by atomic mass is 19.1. The number of anilines is 1. The Kier molecular flexibility index (Phi) is 5.43. The van der Waals surface area contributed by atoms with Gasteiger partial charge in [0.25, 0.3) is 11.8 Å². The monoisotopic (exact) mass is 340 g/mol. The van der Waals surface area contributed by atoms with E-state index in [-0.39, 0.29) is 17.5 Å². The molecule has 0 heterocycles. The van der Waals surface area contributed by atoms with Crippen LogP contribution in [0, 0.1) is 5.82 Å². The number of carbonyl (C=O) groups excluding carboxylic acids is 2. The minimum Gasteiger partial charge on any atom is -0.349 e. The second kappa shape index (κ2) is 7.92. The molecule has 2 aromatic carbocycles. The predicted molar refractivity (Wildman–Crippen MR) is 95.1 cm³/mol. The number of halogens is 1. The maximum Gasteiger partial charge on any atom is 0.258 e. The standard InChI is InChI=1S/C20H21FN2O2/c21-18-9-5-4-8-17(18)20(25)23-16-12-10-14(11-13-16)19(24)22-15-6-2-1-3-7-15/h4-5,8-13,15H,1-3,6-7H2,(H,22,24)(H,23,25). The van der Waals surface area contributed by atoms with Gasteiger partial charge < -0.3 is 10.6 Å². The Morgan fingerprint density at radius 2 is 1.56 bits per heavy atom. The van der Waals surface area contributed by atoms with Gasteiger partial charge in [-0.2, -0.15) is 0 Å². The van der Waals surface area contributed by atoms with E-state index in [2.05, 4.69) is 10.6 Å². The third-order valence-electron chi connectivity index (χ3n) is 4.46. The number of rotatable bonds is 4. The molecule has 130 valence electrons. The van der Waals surface area contributed by atoms with Gasteiger partial charge in [-0.1, -0.05) is 31.4 Å². The highest BCUT2D eigenvalue weighted by Gasteiger charge is 2.17. The largest absolute Gasteiger partial charge is 0.349 e. The van der Waals surface area contributed by atoms with Crippen molar-refractivity contribution in [1.82, 2.24) is 5.32 Å². The van der Waals surface area contributed by atoms with Crippen molar-refractivity contribution in [2.24, 2.45) is 0 Å². The lowest BCUT2D eigenvalue weighted by Gasteiger charge is -2.22.